The molecule has 0 atom stereocenters. The summed E-state index contributed by atoms with van der Waals surface area (Å²) in [5, 5.41) is 1.54. The summed E-state index contributed by atoms with van der Waals surface area (Å²) >= 11 is 0. The van der Waals surface area contributed by atoms with E-state index < -0.39 is 8.07 Å². The van der Waals surface area contributed by atoms with Gasteiger partial charge < -0.3 is 0 Å². The van der Waals surface area contributed by atoms with Crippen LogP contribution in [0.3, 0.4) is 0 Å². The van der Waals surface area contributed by atoms with Crippen molar-refractivity contribution >= 4 is 19.3 Å². The van der Waals surface area contributed by atoms with Gasteiger partial charge in [-0.15, -0.1) is 0 Å². The molecule has 2 aromatic carbocycles. The Kier molecular flexibility index (Phi) is 7.04. The van der Waals surface area contributed by atoms with Crippen molar-refractivity contribution < 1.29 is 26.2 Å². The van der Waals surface area contributed by atoms with Crippen LogP contribution in [0.5, 0.6) is 0 Å². The van der Waals surface area contributed by atoms with Gasteiger partial charge in [-0.1, -0.05) is 105 Å². The van der Waals surface area contributed by atoms with Crippen LogP contribution in [0.15, 0.2) is 42.0 Å². The number of aryl methyl sites for hydroxylation is 1. The number of hydrogen-bond acceptors (Lipinski definition) is 0. The molecule has 145 valence electrons. The minimum absolute atomic E-state index is 0. The predicted octanol–water partition coefficient (Wildman–Crippen LogP) is 7.12. The fourth-order valence-electron chi connectivity index (χ4n) is 4.75. The average Bonchev–Trinajstić information content (AvgIpc) is 3.07. The third-order valence-corrected chi connectivity index (χ3v) is 8.54. The summed E-state index contributed by atoms with van der Waals surface area (Å²) in [6.07, 6.45) is 13.4. The molecule has 0 N–H and O–H groups in total. The van der Waals surface area contributed by atoms with E-state index in [9.17, 15) is 0 Å². The van der Waals surface area contributed by atoms with E-state index in [4.69, 9.17) is 0 Å². The normalized spacial score (nSPS) is 17.1. The Labute approximate surface area is 192 Å². The van der Waals surface area contributed by atoms with Crippen molar-refractivity contribution in [3.63, 3.8) is 0 Å². The van der Waals surface area contributed by atoms with Crippen LogP contribution < -0.4 is 5.19 Å². The SMILES string of the molecule is Cc1ccc(-c2ccc([Si](C)(C)C)cc2)c2c1[CH]C(CC1CCCCC1)=C2.[Zr]. The van der Waals surface area contributed by atoms with Crippen molar-refractivity contribution in [2.24, 2.45) is 5.92 Å². The predicted molar refractivity (Wildman–Crippen MR) is 122 cm³/mol. The Hall–Kier alpha value is -0.720. The first-order valence-corrected chi connectivity index (χ1v) is 14.2. The maximum atomic E-state index is 2.48. The summed E-state index contributed by atoms with van der Waals surface area (Å²) < 4.78 is 0. The van der Waals surface area contributed by atoms with Gasteiger partial charge in [0.15, 0.2) is 0 Å². The molecule has 4 rings (SSSR count). The maximum Gasteiger partial charge on any atom is 0.0775 e. The van der Waals surface area contributed by atoms with Crippen LogP contribution in [0.1, 0.15) is 55.2 Å². The molecular formula is C26H33SiZr. The molecule has 0 saturated heterocycles. The third-order valence-electron chi connectivity index (χ3n) is 6.48. The summed E-state index contributed by atoms with van der Waals surface area (Å²) in [4.78, 5) is 0. The van der Waals surface area contributed by atoms with E-state index in [2.05, 4.69) is 75.5 Å². The van der Waals surface area contributed by atoms with Crippen molar-refractivity contribution in [3.8, 4) is 11.1 Å². The first kappa shape index (κ1) is 22.0. The second kappa shape index (κ2) is 8.97. The Morgan fingerprint density at radius 1 is 0.857 bits per heavy atom. The van der Waals surface area contributed by atoms with E-state index in [1.807, 2.05) is 0 Å². The molecule has 28 heavy (non-hydrogen) atoms. The van der Waals surface area contributed by atoms with Gasteiger partial charge in [0.25, 0.3) is 0 Å². The van der Waals surface area contributed by atoms with Crippen molar-refractivity contribution in [1.82, 2.24) is 0 Å². The van der Waals surface area contributed by atoms with Crippen molar-refractivity contribution in [2.45, 2.75) is 65.1 Å². The Balaban J connectivity index is 0.00000225. The van der Waals surface area contributed by atoms with E-state index in [0.29, 0.717) is 0 Å². The number of hydrogen-bond donors (Lipinski definition) is 0. The molecule has 0 unspecified atom stereocenters. The van der Waals surface area contributed by atoms with E-state index in [-0.39, 0.29) is 26.2 Å². The maximum absolute atomic E-state index is 2.48. The first-order valence-electron chi connectivity index (χ1n) is 10.7. The minimum Gasteiger partial charge on any atom is -0.0656 e. The van der Waals surface area contributed by atoms with Crippen molar-refractivity contribution in [1.29, 1.82) is 0 Å². The topological polar surface area (TPSA) is 0 Å². The molecule has 2 aliphatic carbocycles. The fraction of sp³-hybridized carbons (Fsp3) is 0.423. The zero-order chi connectivity index (χ0) is 19.0. The quantitative estimate of drug-likeness (QED) is 0.422. The van der Waals surface area contributed by atoms with Gasteiger partial charge in [0, 0.05) is 32.6 Å². The van der Waals surface area contributed by atoms with Crippen LogP contribution >= 0.6 is 0 Å². The molecule has 0 nitrogen and oxygen atoms in total. The molecule has 0 amide bonds. The van der Waals surface area contributed by atoms with Crippen LogP contribution in [0.4, 0.5) is 0 Å². The van der Waals surface area contributed by atoms with Gasteiger partial charge >= 0.3 is 0 Å². The van der Waals surface area contributed by atoms with Crippen LogP contribution in [0.25, 0.3) is 17.2 Å². The van der Waals surface area contributed by atoms with Gasteiger partial charge in [-0.3, -0.25) is 0 Å². The van der Waals surface area contributed by atoms with E-state index >= 15 is 0 Å². The number of fused-ring (bicyclic) bond motifs is 1. The molecule has 0 bridgehead atoms. The molecule has 0 heterocycles. The van der Waals surface area contributed by atoms with E-state index in [0.717, 1.165) is 5.92 Å². The molecule has 1 saturated carbocycles. The van der Waals surface area contributed by atoms with Crippen LogP contribution in [-0.4, -0.2) is 8.07 Å². The summed E-state index contributed by atoms with van der Waals surface area (Å²) in [7, 11) is -1.24. The van der Waals surface area contributed by atoms with Gasteiger partial charge in [-0.25, -0.2) is 0 Å². The molecule has 0 aromatic heterocycles. The second-order valence-electron chi connectivity index (χ2n) is 9.66. The number of rotatable bonds is 4. The standard InChI is InChI=1S/C26H33Si.Zr/c1-19-10-15-24(22-11-13-23(14-12-22)27(2,3)4)26-18-21(17-25(19)26)16-20-8-6-5-7-9-20;/h10-15,17-18,20H,5-9,16H2,1-4H3;. The molecule has 2 heteroatoms. The molecule has 2 aromatic rings. The molecule has 0 spiro atoms. The van der Waals surface area contributed by atoms with E-state index in [1.165, 1.54) is 71.5 Å². The third kappa shape index (κ3) is 4.71. The summed E-state index contributed by atoms with van der Waals surface area (Å²) in [5.74, 6) is 0.898. The zero-order valence-corrected chi connectivity index (χ0v) is 21.4. The Morgan fingerprint density at radius 3 is 2.18 bits per heavy atom. The molecular weight excluding hydrogens is 432 g/mol. The fourth-order valence-corrected chi connectivity index (χ4v) is 5.92. The van der Waals surface area contributed by atoms with Gasteiger partial charge in [-0.2, -0.15) is 0 Å². The van der Waals surface area contributed by atoms with Gasteiger partial charge in [0.05, 0.1) is 8.07 Å². The van der Waals surface area contributed by atoms with Crippen molar-refractivity contribution in [2.75, 3.05) is 0 Å². The van der Waals surface area contributed by atoms with Crippen molar-refractivity contribution in [3.05, 3.63) is 65.1 Å². The minimum atomic E-state index is -1.24. The van der Waals surface area contributed by atoms with E-state index in [1.54, 1.807) is 5.57 Å². The second-order valence-corrected chi connectivity index (χ2v) is 14.7. The zero-order valence-electron chi connectivity index (χ0n) is 17.9. The van der Waals surface area contributed by atoms with Crippen LogP contribution in [-0.2, 0) is 26.2 Å². The van der Waals surface area contributed by atoms with Gasteiger partial charge in [-0.05, 0) is 47.1 Å². The number of allylic oxidation sites excluding steroid dienone is 1. The molecule has 2 aliphatic rings. The smallest absolute Gasteiger partial charge is 0.0656 e. The van der Waals surface area contributed by atoms with Crippen LogP contribution in [0.2, 0.25) is 19.6 Å². The summed E-state index contributed by atoms with van der Waals surface area (Å²) in [6.45, 7) is 9.51. The Morgan fingerprint density at radius 2 is 1.54 bits per heavy atom. The number of benzene rings is 2. The molecule has 1 radical (unpaired) electrons. The van der Waals surface area contributed by atoms with Gasteiger partial charge in [0.1, 0.15) is 0 Å². The summed E-state index contributed by atoms with van der Waals surface area (Å²) in [6, 6.07) is 14.0. The Bertz CT molecular complexity index is 849. The molecule has 1 fully saturated rings. The monoisotopic (exact) mass is 463 g/mol. The first-order chi connectivity index (χ1) is 12.9. The average molecular weight is 465 g/mol. The molecule has 0 aliphatic heterocycles. The largest absolute Gasteiger partial charge is 0.0775 e. The van der Waals surface area contributed by atoms with Crippen LogP contribution in [0, 0.1) is 19.3 Å². The summed E-state index contributed by atoms with van der Waals surface area (Å²) in [5.41, 5.74) is 8.60. The van der Waals surface area contributed by atoms with Gasteiger partial charge in [0.2, 0.25) is 0 Å².